The van der Waals surface area contributed by atoms with Crippen LogP contribution in [0, 0.1) is 0 Å². The monoisotopic (exact) mass is 203 g/mol. The summed E-state index contributed by atoms with van der Waals surface area (Å²) < 4.78 is 0. The van der Waals surface area contributed by atoms with E-state index in [1.54, 1.807) is 4.90 Å². The molecular weight excluding hydrogens is 190 g/mol. The number of anilines is 1. The molecule has 78 valence electrons. The molecule has 1 aliphatic heterocycles. The zero-order valence-corrected chi connectivity index (χ0v) is 8.69. The van der Waals surface area contributed by atoms with E-state index in [0.717, 1.165) is 17.7 Å². The molecule has 1 aromatic carbocycles. The molecule has 0 N–H and O–H groups in total. The lowest BCUT2D eigenvalue weighted by Gasteiger charge is -2.28. The van der Waals surface area contributed by atoms with Crippen molar-refractivity contribution in [3.8, 4) is 0 Å². The second-order valence-electron chi connectivity index (χ2n) is 3.81. The number of hydrogen-bond donors (Lipinski definition) is 0. The van der Waals surface area contributed by atoms with Crippen LogP contribution < -0.4 is 4.90 Å². The second-order valence-corrected chi connectivity index (χ2v) is 3.81. The molecule has 1 aromatic rings. The highest BCUT2D eigenvalue weighted by atomic mass is 16.2. The molecule has 0 spiro atoms. The number of amides is 1. The number of para-hydroxylation sites is 1. The number of rotatable bonds is 2. The Morgan fingerprint density at radius 1 is 1.33 bits per heavy atom. The predicted molar refractivity (Wildman–Crippen MR) is 57.8 cm³/mol. The van der Waals surface area contributed by atoms with Crippen LogP contribution in [-0.4, -0.2) is 18.2 Å². The fraction of sp³-hybridized carbons (Fsp3) is 0.333. The first-order valence-corrected chi connectivity index (χ1v) is 5.06. The maximum absolute atomic E-state index is 11.7. The summed E-state index contributed by atoms with van der Waals surface area (Å²) in [5, 5.41) is 0. The van der Waals surface area contributed by atoms with Crippen LogP contribution in [-0.2, 0) is 16.0 Å². The summed E-state index contributed by atoms with van der Waals surface area (Å²) in [5.74, 6) is 0.0592. The van der Waals surface area contributed by atoms with Gasteiger partial charge in [-0.15, -0.1) is 0 Å². The second kappa shape index (κ2) is 3.85. The van der Waals surface area contributed by atoms with Gasteiger partial charge in [-0.05, 0) is 25.0 Å². The molecule has 0 bridgehead atoms. The molecule has 0 aliphatic carbocycles. The quantitative estimate of drug-likeness (QED) is 0.731. The third-order valence-corrected chi connectivity index (χ3v) is 2.57. The highest BCUT2D eigenvalue weighted by Gasteiger charge is 2.24. The maximum Gasteiger partial charge on any atom is 0.227 e. The Morgan fingerprint density at radius 2 is 2.07 bits per heavy atom. The van der Waals surface area contributed by atoms with E-state index in [9.17, 15) is 9.59 Å². The van der Waals surface area contributed by atoms with Crippen molar-refractivity contribution in [1.29, 1.82) is 0 Å². The predicted octanol–water partition coefficient (Wildman–Crippen LogP) is 1.55. The molecule has 0 atom stereocenters. The number of benzene rings is 1. The van der Waals surface area contributed by atoms with Crippen LogP contribution in [0.4, 0.5) is 5.69 Å². The van der Waals surface area contributed by atoms with Gasteiger partial charge in [-0.2, -0.15) is 0 Å². The third-order valence-electron chi connectivity index (χ3n) is 2.57. The van der Waals surface area contributed by atoms with E-state index >= 15 is 0 Å². The van der Waals surface area contributed by atoms with E-state index in [1.165, 1.54) is 6.92 Å². The van der Waals surface area contributed by atoms with E-state index in [2.05, 4.69) is 0 Å². The molecule has 2 rings (SSSR count). The Labute approximate surface area is 88.7 Å². The van der Waals surface area contributed by atoms with Gasteiger partial charge in [-0.1, -0.05) is 18.2 Å². The van der Waals surface area contributed by atoms with Crippen molar-refractivity contribution in [2.45, 2.75) is 19.8 Å². The van der Waals surface area contributed by atoms with Gasteiger partial charge in [0.25, 0.3) is 0 Å². The molecule has 1 amide bonds. The molecule has 0 radical (unpaired) electrons. The number of Topliss-reactive ketones (excluding diaryl/α,β-unsaturated/α-hetero) is 1. The van der Waals surface area contributed by atoms with Crippen molar-refractivity contribution in [2.24, 2.45) is 0 Å². The summed E-state index contributed by atoms with van der Waals surface area (Å²) in [6, 6.07) is 7.76. The summed E-state index contributed by atoms with van der Waals surface area (Å²) >= 11 is 0. The number of nitrogens with zero attached hydrogens (tertiary/aromatic N) is 1. The molecule has 3 nitrogen and oxygen atoms in total. The van der Waals surface area contributed by atoms with E-state index in [-0.39, 0.29) is 18.2 Å². The minimum absolute atomic E-state index is 0.0139. The van der Waals surface area contributed by atoms with Crippen molar-refractivity contribution in [3.05, 3.63) is 29.8 Å². The Hall–Kier alpha value is -1.64. The van der Waals surface area contributed by atoms with Crippen LogP contribution in [0.5, 0.6) is 0 Å². The summed E-state index contributed by atoms with van der Waals surface area (Å²) in [6.07, 6.45) is 1.29. The highest BCUT2D eigenvalue weighted by Crippen LogP contribution is 2.26. The first kappa shape index (κ1) is 9.90. The van der Waals surface area contributed by atoms with Gasteiger partial charge in [-0.25, -0.2) is 0 Å². The van der Waals surface area contributed by atoms with E-state index in [0.29, 0.717) is 6.42 Å². The van der Waals surface area contributed by atoms with Crippen LogP contribution >= 0.6 is 0 Å². The lowest BCUT2D eigenvalue weighted by Crippen LogP contribution is -2.38. The van der Waals surface area contributed by atoms with E-state index in [4.69, 9.17) is 0 Å². The van der Waals surface area contributed by atoms with Crippen molar-refractivity contribution in [3.63, 3.8) is 0 Å². The van der Waals surface area contributed by atoms with Crippen molar-refractivity contribution in [2.75, 3.05) is 11.4 Å². The largest absolute Gasteiger partial charge is 0.305 e. The van der Waals surface area contributed by atoms with Crippen molar-refractivity contribution < 1.29 is 9.59 Å². The zero-order valence-electron chi connectivity index (χ0n) is 8.69. The van der Waals surface area contributed by atoms with Gasteiger partial charge in [0.2, 0.25) is 5.91 Å². The third kappa shape index (κ3) is 1.91. The Balaban J connectivity index is 2.37. The molecule has 0 saturated heterocycles. The average Bonchev–Trinajstić information content (AvgIpc) is 2.22. The van der Waals surface area contributed by atoms with Crippen LogP contribution in [0.2, 0.25) is 0 Å². The number of aryl methyl sites for hydroxylation is 1. The molecule has 0 unspecified atom stereocenters. The first-order valence-electron chi connectivity index (χ1n) is 5.06. The number of carbonyl (C=O) groups excluding carboxylic acids is 2. The average molecular weight is 203 g/mol. The van der Waals surface area contributed by atoms with Gasteiger partial charge < -0.3 is 4.90 Å². The number of carbonyl (C=O) groups is 2. The van der Waals surface area contributed by atoms with Gasteiger partial charge in [0.15, 0.2) is 0 Å². The fourth-order valence-corrected chi connectivity index (χ4v) is 1.89. The summed E-state index contributed by atoms with van der Waals surface area (Å²) in [7, 11) is 0. The normalized spacial score (nSPS) is 15.0. The first-order chi connectivity index (χ1) is 7.18. The molecule has 15 heavy (non-hydrogen) atoms. The van der Waals surface area contributed by atoms with Crippen LogP contribution in [0.25, 0.3) is 0 Å². The number of fused-ring (bicyclic) bond motifs is 1. The standard InChI is InChI=1S/C12H13NO2/c1-9(14)8-13-11-5-3-2-4-10(11)6-7-12(13)15/h2-5H,6-8H2,1H3. The van der Waals surface area contributed by atoms with Crippen LogP contribution in [0.15, 0.2) is 24.3 Å². The summed E-state index contributed by atoms with van der Waals surface area (Å²) in [5.41, 5.74) is 2.04. The van der Waals surface area contributed by atoms with E-state index < -0.39 is 0 Å². The Kier molecular flexibility index (Phi) is 2.54. The van der Waals surface area contributed by atoms with Gasteiger partial charge in [0.1, 0.15) is 5.78 Å². The Bertz CT molecular complexity index is 412. The minimum atomic E-state index is 0.0139. The minimum Gasteiger partial charge on any atom is -0.305 e. The van der Waals surface area contributed by atoms with Gasteiger partial charge in [0, 0.05) is 12.1 Å². The molecule has 0 saturated carbocycles. The summed E-state index contributed by atoms with van der Waals surface area (Å²) in [4.78, 5) is 24.3. The van der Waals surface area contributed by atoms with Crippen LogP contribution in [0.1, 0.15) is 18.9 Å². The lowest BCUT2D eigenvalue weighted by atomic mass is 10.0. The van der Waals surface area contributed by atoms with Crippen molar-refractivity contribution in [1.82, 2.24) is 0 Å². The van der Waals surface area contributed by atoms with Gasteiger partial charge in [0.05, 0.1) is 6.54 Å². The molecule has 3 heteroatoms. The molecule has 0 fully saturated rings. The van der Waals surface area contributed by atoms with Gasteiger partial charge in [-0.3, -0.25) is 9.59 Å². The van der Waals surface area contributed by atoms with E-state index in [1.807, 2.05) is 24.3 Å². The summed E-state index contributed by atoms with van der Waals surface area (Å²) in [6.45, 7) is 1.69. The smallest absolute Gasteiger partial charge is 0.227 e. The maximum atomic E-state index is 11.7. The number of hydrogen-bond acceptors (Lipinski definition) is 2. The SMILES string of the molecule is CC(=O)CN1C(=O)CCc2ccccc21. The lowest BCUT2D eigenvalue weighted by molar-refractivity contribution is -0.122. The highest BCUT2D eigenvalue weighted by molar-refractivity contribution is 6.00. The van der Waals surface area contributed by atoms with Gasteiger partial charge >= 0.3 is 0 Å². The molecule has 1 heterocycles. The number of ketones is 1. The fourth-order valence-electron chi connectivity index (χ4n) is 1.89. The molecule has 1 aliphatic rings. The topological polar surface area (TPSA) is 37.4 Å². The Morgan fingerprint density at radius 3 is 2.80 bits per heavy atom. The van der Waals surface area contributed by atoms with Crippen molar-refractivity contribution >= 4 is 17.4 Å². The van der Waals surface area contributed by atoms with Crippen LogP contribution in [0.3, 0.4) is 0 Å². The molecular formula is C12H13NO2. The zero-order chi connectivity index (χ0) is 10.8. The molecule has 0 aromatic heterocycles.